The van der Waals surface area contributed by atoms with E-state index >= 15 is 0 Å². The first-order chi connectivity index (χ1) is 11.6. The van der Waals surface area contributed by atoms with Crippen molar-refractivity contribution in [3.05, 3.63) is 52.8 Å². The van der Waals surface area contributed by atoms with E-state index in [9.17, 15) is 14.4 Å². The van der Waals surface area contributed by atoms with Crippen molar-refractivity contribution in [1.29, 1.82) is 0 Å². The Bertz CT molecular complexity index is 875. The van der Waals surface area contributed by atoms with Crippen molar-refractivity contribution in [2.45, 2.75) is 13.0 Å². The number of rotatable bonds is 1. The van der Waals surface area contributed by atoms with E-state index < -0.39 is 5.91 Å². The van der Waals surface area contributed by atoms with Crippen LogP contribution in [0.5, 0.6) is 0 Å². The number of nitrogens with zero attached hydrogens (tertiary/aromatic N) is 2. The van der Waals surface area contributed by atoms with Crippen LogP contribution >= 0.6 is 0 Å². The Kier molecular flexibility index (Phi) is 3.35. The maximum atomic E-state index is 13.3. The number of fused-ring (bicyclic) bond motifs is 3. The van der Waals surface area contributed by atoms with Crippen LogP contribution < -0.4 is 5.32 Å². The van der Waals surface area contributed by atoms with Gasteiger partial charge in [0, 0.05) is 18.7 Å². The van der Waals surface area contributed by atoms with Crippen LogP contribution in [-0.4, -0.2) is 35.3 Å². The number of halogens is 1. The van der Waals surface area contributed by atoms with Gasteiger partial charge in [0.1, 0.15) is 5.82 Å². The van der Waals surface area contributed by atoms with Crippen LogP contribution in [0, 0.1) is 5.82 Å². The molecule has 0 atom stereocenters. The normalized spacial score (nSPS) is 18.4. The molecule has 2 aromatic carbocycles. The summed E-state index contributed by atoms with van der Waals surface area (Å²) >= 11 is 0. The number of amides is 1. The quantitative estimate of drug-likeness (QED) is 0.626. The summed E-state index contributed by atoms with van der Waals surface area (Å²) in [5, 5.41) is 15.2. The molecule has 0 spiro atoms. The largest absolute Gasteiger partial charge is 0.410 e. The maximum Gasteiger partial charge on any atom is 0.278 e. The van der Waals surface area contributed by atoms with Gasteiger partial charge in [0.15, 0.2) is 5.71 Å². The fourth-order valence-electron chi connectivity index (χ4n) is 3.50. The molecule has 5 nitrogen and oxygen atoms in total. The first kappa shape index (κ1) is 14.8. The molecule has 24 heavy (non-hydrogen) atoms. The SMILES string of the molecule is CN1CCc2c(-c3ccc(F)cc3)cc3c(c2C1)NC(=O)/C3=N\O. The summed E-state index contributed by atoms with van der Waals surface area (Å²) in [7, 11) is 2.03. The summed E-state index contributed by atoms with van der Waals surface area (Å²) < 4.78 is 13.3. The highest BCUT2D eigenvalue weighted by Gasteiger charge is 2.33. The fraction of sp³-hybridized carbons (Fsp3) is 0.222. The van der Waals surface area contributed by atoms with E-state index in [0.717, 1.165) is 40.9 Å². The van der Waals surface area contributed by atoms with Gasteiger partial charge in [-0.15, -0.1) is 0 Å². The fourth-order valence-corrected chi connectivity index (χ4v) is 3.50. The van der Waals surface area contributed by atoms with Crippen molar-refractivity contribution in [3.8, 4) is 11.1 Å². The molecule has 2 heterocycles. The van der Waals surface area contributed by atoms with Crippen molar-refractivity contribution < 1.29 is 14.4 Å². The van der Waals surface area contributed by atoms with E-state index in [1.54, 1.807) is 12.1 Å². The molecule has 0 bridgehead atoms. The predicted molar refractivity (Wildman–Crippen MR) is 88.8 cm³/mol. The van der Waals surface area contributed by atoms with Gasteiger partial charge in [-0.1, -0.05) is 17.3 Å². The third kappa shape index (κ3) is 2.18. The molecule has 0 radical (unpaired) electrons. The number of benzene rings is 2. The topological polar surface area (TPSA) is 64.9 Å². The number of likely N-dealkylation sites (N-methyl/N-ethyl adjacent to an activating group) is 1. The van der Waals surface area contributed by atoms with Crippen LogP contribution in [0.4, 0.5) is 10.1 Å². The second kappa shape index (κ2) is 5.42. The Morgan fingerprint density at radius 2 is 1.96 bits per heavy atom. The second-order valence-electron chi connectivity index (χ2n) is 6.20. The number of hydrogen-bond donors (Lipinski definition) is 2. The highest BCUT2D eigenvalue weighted by Crippen LogP contribution is 2.39. The van der Waals surface area contributed by atoms with Crippen molar-refractivity contribution in [2.24, 2.45) is 5.16 Å². The average Bonchev–Trinajstić information content (AvgIpc) is 2.90. The maximum absolute atomic E-state index is 13.3. The molecule has 122 valence electrons. The molecule has 0 saturated carbocycles. The van der Waals surface area contributed by atoms with E-state index in [1.165, 1.54) is 12.1 Å². The highest BCUT2D eigenvalue weighted by molar-refractivity contribution is 6.54. The third-order valence-electron chi connectivity index (χ3n) is 4.68. The molecule has 0 unspecified atom stereocenters. The van der Waals surface area contributed by atoms with Crippen LogP contribution in [0.1, 0.15) is 16.7 Å². The van der Waals surface area contributed by atoms with Crippen LogP contribution in [0.25, 0.3) is 11.1 Å². The Morgan fingerprint density at radius 1 is 1.21 bits per heavy atom. The summed E-state index contributed by atoms with van der Waals surface area (Å²) in [5.74, 6) is -0.692. The number of carbonyl (C=O) groups excluding carboxylic acids is 1. The number of nitrogens with one attached hydrogen (secondary N) is 1. The number of hydrogen-bond acceptors (Lipinski definition) is 4. The highest BCUT2D eigenvalue weighted by atomic mass is 19.1. The molecule has 2 aliphatic rings. The lowest BCUT2D eigenvalue weighted by Crippen LogP contribution is -2.27. The molecule has 0 aromatic heterocycles. The molecule has 2 N–H and O–H groups in total. The molecule has 1 amide bonds. The number of carbonyl (C=O) groups is 1. The summed E-state index contributed by atoms with van der Waals surface area (Å²) in [6.07, 6.45) is 0.841. The molecule has 0 fully saturated rings. The first-order valence-corrected chi connectivity index (χ1v) is 7.75. The van der Waals surface area contributed by atoms with Gasteiger partial charge in [0.05, 0.1) is 5.69 Å². The van der Waals surface area contributed by atoms with Crippen molar-refractivity contribution in [1.82, 2.24) is 4.90 Å². The van der Waals surface area contributed by atoms with E-state index in [0.29, 0.717) is 12.1 Å². The summed E-state index contributed by atoms with van der Waals surface area (Å²) in [4.78, 5) is 14.2. The van der Waals surface area contributed by atoms with Gasteiger partial charge in [-0.05, 0) is 53.9 Å². The molecule has 4 rings (SSSR count). The van der Waals surface area contributed by atoms with E-state index in [2.05, 4.69) is 15.4 Å². The zero-order chi connectivity index (χ0) is 16.8. The lowest BCUT2D eigenvalue weighted by molar-refractivity contribution is -0.110. The number of oxime groups is 1. The summed E-state index contributed by atoms with van der Waals surface area (Å²) in [6, 6.07) is 8.17. The number of anilines is 1. The third-order valence-corrected chi connectivity index (χ3v) is 4.68. The standard InChI is InChI=1S/C18H16FN3O2/c1-22-7-6-12-13(10-2-4-11(19)5-3-10)8-14-16(15(12)9-22)20-18(23)17(14)21-24/h2-5,8,24H,6-7,9H2,1H3,(H,20,21,23). The smallest absolute Gasteiger partial charge is 0.278 e. The van der Waals surface area contributed by atoms with Gasteiger partial charge in [0.25, 0.3) is 5.91 Å². The minimum Gasteiger partial charge on any atom is -0.410 e. The average molecular weight is 325 g/mol. The summed E-state index contributed by atoms with van der Waals surface area (Å²) in [5.41, 5.74) is 5.36. The van der Waals surface area contributed by atoms with Crippen molar-refractivity contribution >= 4 is 17.3 Å². The van der Waals surface area contributed by atoms with Crippen LogP contribution in [0.2, 0.25) is 0 Å². The Hall–Kier alpha value is -2.73. The monoisotopic (exact) mass is 325 g/mol. The minimum atomic E-state index is -0.404. The van der Waals surface area contributed by atoms with Gasteiger partial charge in [0.2, 0.25) is 0 Å². The molecular weight excluding hydrogens is 309 g/mol. The zero-order valence-corrected chi connectivity index (χ0v) is 13.1. The Balaban J connectivity index is 1.98. The van der Waals surface area contributed by atoms with Gasteiger partial charge >= 0.3 is 0 Å². The second-order valence-corrected chi connectivity index (χ2v) is 6.20. The van der Waals surface area contributed by atoms with E-state index in [4.69, 9.17) is 0 Å². The van der Waals surface area contributed by atoms with Crippen LogP contribution in [0.15, 0.2) is 35.5 Å². The van der Waals surface area contributed by atoms with Gasteiger partial charge < -0.3 is 15.4 Å². The minimum absolute atomic E-state index is 0.0180. The molecule has 6 heteroatoms. The molecule has 0 aliphatic carbocycles. The lowest BCUT2D eigenvalue weighted by Gasteiger charge is -2.29. The van der Waals surface area contributed by atoms with Crippen LogP contribution in [0.3, 0.4) is 0 Å². The Labute approximate surface area is 138 Å². The lowest BCUT2D eigenvalue weighted by atomic mass is 9.87. The zero-order valence-electron chi connectivity index (χ0n) is 13.1. The molecule has 2 aromatic rings. The van der Waals surface area contributed by atoms with Crippen molar-refractivity contribution in [2.75, 3.05) is 18.9 Å². The molecular formula is C18H16FN3O2. The van der Waals surface area contributed by atoms with Gasteiger partial charge in [-0.3, -0.25) is 4.79 Å². The van der Waals surface area contributed by atoms with E-state index in [1.807, 2.05) is 13.1 Å². The van der Waals surface area contributed by atoms with Gasteiger partial charge in [-0.25, -0.2) is 4.39 Å². The van der Waals surface area contributed by atoms with Crippen LogP contribution in [-0.2, 0) is 17.8 Å². The Morgan fingerprint density at radius 3 is 2.67 bits per heavy atom. The van der Waals surface area contributed by atoms with E-state index in [-0.39, 0.29) is 11.5 Å². The van der Waals surface area contributed by atoms with Gasteiger partial charge in [-0.2, -0.15) is 0 Å². The molecule has 0 saturated heterocycles. The summed E-state index contributed by atoms with van der Waals surface area (Å²) in [6.45, 7) is 1.61. The van der Waals surface area contributed by atoms with Crippen molar-refractivity contribution in [3.63, 3.8) is 0 Å². The predicted octanol–water partition coefficient (Wildman–Crippen LogP) is 2.61. The molecule has 2 aliphatic heterocycles. The first-order valence-electron chi connectivity index (χ1n) is 7.75.